The molecule has 0 aromatic rings. The van der Waals surface area contributed by atoms with Gasteiger partial charge in [0.1, 0.15) is 5.60 Å². The molecule has 1 amide bonds. The highest BCUT2D eigenvalue weighted by atomic mass is 16.6. The van der Waals surface area contributed by atoms with Crippen molar-refractivity contribution in [1.29, 1.82) is 10.5 Å². The van der Waals surface area contributed by atoms with Crippen molar-refractivity contribution in [1.82, 2.24) is 15.1 Å². The second-order valence-electron chi connectivity index (χ2n) is 14.0. The molecule has 2 aliphatic carbocycles. The van der Waals surface area contributed by atoms with E-state index in [1.807, 2.05) is 25.7 Å². The third-order valence-electron chi connectivity index (χ3n) is 9.78. The summed E-state index contributed by atoms with van der Waals surface area (Å²) in [7, 11) is 0. The van der Waals surface area contributed by atoms with Gasteiger partial charge in [-0.2, -0.15) is 10.5 Å². The van der Waals surface area contributed by atoms with Crippen LogP contribution < -0.4 is 11.1 Å². The van der Waals surface area contributed by atoms with Crippen LogP contribution in [-0.4, -0.2) is 71.3 Å². The van der Waals surface area contributed by atoms with Crippen LogP contribution in [-0.2, 0) is 4.74 Å². The van der Waals surface area contributed by atoms with Gasteiger partial charge < -0.3 is 20.7 Å². The van der Waals surface area contributed by atoms with Crippen LogP contribution in [0.4, 0.5) is 4.79 Å². The Morgan fingerprint density at radius 2 is 1.45 bits per heavy atom. The summed E-state index contributed by atoms with van der Waals surface area (Å²) in [6.45, 7) is 11.9. The summed E-state index contributed by atoms with van der Waals surface area (Å²) >= 11 is 0. The highest BCUT2D eigenvalue weighted by Crippen LogP contribution is 2.33. The molecule has 0 bridgehead atoms. The summed E-state index contributed by atoms with van der Waals surface area (Å²) in [5.41, 5.74) is 5.56. The molecule has 4 aliphatic rings. The first-order chi connectivity index (χ1) is 19.0. The molecule has 8 nitrogen and oxygen atoms in total. The highest BCUT2D eigenvalue weighted by Gasteiger charge is 2.39. The number of nitriles is 2. The van der Waals surface area contributed by atoms with Crippen LogP contribution in [0, 0.1) is 34.5 Å². The van der Waals surface area contributed by atoms with Crippen LogP contribution in [0.3, 0.4) is 0 Å². The molecule has 0 aromatic heterocycles. The Balaban J connectivity index is 0.000000371. The van der Waals surface area contributed by atoms with Crippen LogP contribution in [0.1, 0.15) is 118 Å². The fourth-order valence-corrected chi connectivity index (χ4v) is 7.10. The fraction of sp³-hybridized carbons (Fsp3) is 0.906. The zero-order valence-electron chi connectivity index (χ0n) is 25.8. The second kappa shape index (κ2) is 15.4. The number of hydrogen-bond donors (Lipinski definition) is 2. The Kier molecular flexibility index (Phi) is 12.6. The molecule has 40 heavy (non-hydrogen) atoms. The van der Waals surface area contributed by atoms with Gasteiger partial charge in [-0.15, -0.1) is 0 Å². The third-order valence-corrected chi connectivity index (χ3v) is 9.78. The largest absolute Gasteiger partial charge is 0.444 e. The standard InChI is InChI=1S/C24H42N4O2.C8H14N2/c1-23(2,3)30-22(29)27-17-12-24(4,13-18-27)28-15-10-20(11-16-28)26-21-8-6-5-7-19(21)9-14-25;9-6-5-7-3-1-2-4-8(7)10/h19-21,26H,5-13,15-18H2,1-4H3;7-8H,1-5,10H2/t19-,21+;7-,8+/m11/s1. The number of carbonyl (C=O) groups excluding carboxylic acids is 1. The predicted molar refractivity (Wildman–Crippen MR) is 159 cm³/mol. The molecule has 0 aromatic carbocycles. The minimum absolute atomic E-state index is 0.174. The summed E-state index contributed by atoms with van der Waals surface area (Å²) in [6.07, 6.45) is 15.4. The lowest BCUT2D eigenvalue weighted by atomic mass is 9.81. The van der Waals surface area contributed by atoms with Gasteiger partial charge in [-0.25, -0.2) is 4.79 Å². The fourth-order valence-electron chi connectivity index (χ4n) is 7.10. The summed E-state index contributed by atoms with van der Waals surface area (Å²) in [6, 6.07) is 6.00. The Bertz CT molecular complexity index is 858. The molecular weight excluding hydrogens is 500 g/mol. The van der Waals surface area contributed by atoms with E-state index in [-0.39, 0.29) is 11.6 Å². The maximum atomic E-state index is 12.4. The monoisotopic (exact) mass is 556 g/mol. The summed E-state index contributed by atoms with van der Waals surface area (Å²) in [4.78, 5) is 16.9. The number of rotatable bonds is 5. The minimum atomic E-state index is -0.433. The van der Waals surface area contributed by atoms with E-state index in [2.05, 4.69) is 29.3 Å². The molecule has 3 N–H and O–H groups in total. The molecule has 226 valence electrons. The summed E-state index contributed by atoms with van der Waals surface area (Å²) < 4.78 is 5.55. The average molecular weight is 557 g/mol. The molecule has 2 saturated carbocycles. The van der Waals surface area contributed by atoms with Crippen molar-refractivity contribution >= 4 is 6.09 Å². The van der Waals surface area contributed by atoms with Crippen molar-refractivity contribution in [2.45, 2.75) is 147 Å². The van der Waals surface area contributed by atoms with E-state index in [4.69, 9.17) is 21.0 Å². The van der Waals surface area contributed by atoms with E-state index in [0.717, 1.165) is 51.9 Å². The number of ether oxygens (including phenoxy) is 1. The van der Waals surface area contributed by atoms with Crippen LogP contribution in [0.5, 0.6) is 0 Å². The van der Waals surface area contributed by atoms with Gasteiger partial charge in [0.05, 0.1) is 12.1 Å². The highest BCUT2D eigenvalue weighted by molar-refractivity contribution is 5.68. The summed E-state index contributed by atoms with van der Waals surface area (Å²) in [5, 5.41) is 21.5. The maximum Gasteiger partial charge on any atom is 0.410 e. The summed E-state index contributed by atoms with van der Waals surface area (Å²) in [5.74, 6) is 1.02. The van der Waals surface area contributed by atoms with Crippen molar-refractivity contribution in [2.75, 3.05) is 26.2 Å². The molecule has 0 unspecified atom stereocenters. The van der Waals surface area contributed by atoms with E-state index < -0.39 is 5.60 Å². The van der Waals surface area contributed by atoms with Crippen molar-refractivity contribution < 1.29 is 9.53 Å². The molecule has 2 aliphatic heterocycles. The van der Waals surface area contributed by atoms with Gasteiger partial charge in [-0.3, -0.25) is 4.90 Å². The number of nitrogens with two attached hydrogens (primary N) is 1. The normalized spacial score (nSPS) is 29.8. The lowest BCUT2D eigenvalue weighted by molar-refractivity contribution is -0.00932. The first kappa shape index (κ1) is 32.6. The Morgan fingerprint density at radius 3 is 2.02 bits per heavy atom. The van der Waals surface area contributed by atoms with Crippen LogP contribution in [0.2, 0.25) is 0 Å². The molecule has 4 fully saturated rings. The number of likely N-dealkylation sites (tertiary alicyclic amines) is 2. The van der Waals surface area contributed by atoms with E-state index in [9.17, 15) is 4.79 Å². The van der Waals surface area contributed by atoms with Crippen molar-refractivity contribution in [2.24, 2.45) is 17.6 Å². The Morgan fingerprint density at radius 1 is 0.900 bits per heavy atom. The lowest BCUT2D eigenvalue weighted by Crippen LogP contribution is -2.58. The van der Waals surface area contributed by atoms with Crippen molar-refractivity contribution in [3.63, 3.8) is 0 Å². The first-order valence-electron chi connectivity index (χ1n) is 16.0. The quantitative estimate of drug-likeness (QED) is 0.444. The molecule has 2 saturated heterocycles. The predicted octanol–water partition coefficient (Wildman–Crippen LogP) is 5.72. The molecule has 4 rings (SSSR count). The SMILES string of the molecule is CC(C)(C)OC(=O)N1CCC(C)(N2CCC(N[C@H]3CCCC[C@@H]3CC#N)CC2)CC1.N#CC[C@H]1CCCC[C@@H]1N. The zero-order valence-corrected chi connectivity index (χ0v) is 25.8. The van der Waals surface area contributed by atoms with Gasteiger partial charge in [-0.05, 0) is 90.9 Å². The number of carbonyl (C=O) groups is 1. The lowest BCUT2D eigenvalue weighted by Gasteiger charge is -2.49. The molecule has 2 heterocycles. The number of piperidine rings is 2. The molecular formula is C32H56N6O2. The molecule has 4 atom stereocenters. The van der Waals surface area contributed by atoms with Gasteiger partial charge in [0.2, 0.25) is 0 Å². The number of hydrogen-bond acceptors (Lipinski definition) is 7. The van der Waals surface area contributed by atoms with E-state index in [0.29, 0.717) is 42.8 Å². The average Bonchev–Trinajstić information content (AvgIpc) is 2.92. The molecule has 0 radical (unpaired) electrons. The number of amides is 1. The topological polar surface area (TPSA) is 118 Å². The van der Waals surface area contributed by atoms with Crippen LogP contribution >= 0.6 is 0 Å². The van der Waals surface area contributed by atoms with Gasteiger partial charge in [0.25, 0.3) is 0 Å². The minimum Gasteiger partial charge on any atom is -0.444 e. The first-order valence-corrected chi connectivity index (χ1v) is 16.0. The van der Waals surface area contributed by atoms with Crippen LogP contribution in [0.15, 0.2) is 0 Å². The van der Waals surface area contributed by atoms with Crippen LogP contribution in [0.25, 0.3) is 0 Å². The second-order valence-corrected chi connectivity index (χ2v) is 14.0. The molecule has 8 heteroatoms. The van der Waals surface area contributed by atoms with Gasteiger partial charge in [0.15, 0.2) is 0 Å². The molecule has 0 spiro atoms. The van der Waals surface area contributed by atoms with E-state index in [1.54, 1.807) is 0 Å². The number of nitrogens with one attached hydrogen (secondary N) is 1. The van der Waals surface area contributed by atoms with Gasteiger partial charge >= 0.3 is 6.09 Å². The van der Waals surface area contributed by atoms with Crippen molar-refractivity contribution in [3.8, 4) is 12.1 Å². The van der Waals surface area contributed by atoms with Gasteiger partial charge in [-0.1, -0.05) is 25.7 Å². The maximum absolute atomic E-state index is 12.4. The van der Waals surface area contributed by atoms with E-state index in [1.165, 1.54) is 51.4 Å². The Hall–Kier alpha value is -1.87. The van der Waals surface area contributed by atoms with Gasteiger partial charge in [0, 0.05) is 62.7 Å². The van der Waals surface area contributed by atoms with E-state index >= 15 is 0 Å². The third kappa shape index (κ3) is 9.89. The Labute approximate surface area is 244 Å². The smallest absolute Gasteiger partial charge is 0.410 e. The van der Waals surface area contributed by atoms with Crippen molar-refractivity contribution in [3.05, 3.63) is 0 Å². The zero-order chi connectivity index (χ0) is 29.2. The number of nitrogens with zero attached hydrogens (tertiary/aromatic N) is 4.